The van der Waals surface area contributed by atoms with Gasteiger partial charge in [0, 0.05) is 43.1 Å². The number of carbonyl (C=O) groups excluding carboxylic acids is 1. The summed E-state index contributed by atoms with van der Waals surface area (Å²) < 4.78 is 16.6. The van der Waals surface area contributed by atoms with Crippen LogP contribution in [0.25, 0.3) is 0 Å². The number of halogens is 1. The number of benzene rings is 1. The molecule has 1 aromatic rings. The summed E-state index contributed by atoms with van der Waals surface area (Å²) in [7, 11) is 0. The minimum absolute atomic E-state index is 0.0113. The Labute approximate surface area is 175 Å². The summed E-state index contributed by atoms with van der Waals surface area (Å²) >= 11 is 6.14. The highest BCUT2D eigenvalue weighted by Crippen LogP contribution is 2.36. The number of hydrogen-bond donors (Lipinski definition) is 3. The van der Waals surface area contributed by atoms with Gasteiger partial charge in [-0.25, -0.2) is 0 Å². The van der Waals surface area contributed by atoms with Gasteiger partial charge in [0.25, 0.3) is 5.91 Å². The van der Waals surface area contributed by atoms with Crippen molar-refractivity contribution in [3.63, 3.8) is 0 Å². The summed E-state index contributed by atoms with van der Waals surface area (Å²) in [4.78, 5) is 14.9. The van der Waals surface area contributed by atoms with Crippen LogP contribution < -0.4 is 14.8 Å². The highest BCUT2D eigenvalue weighted by Gasteiger charge is 2.28. The standard InChI is InChI=1S/C20H29ClN2O6/c21-15-10-16(19-18(11-15)28-6-1-7-29-19)20(26)22-12-14-2-3-23(13-17(14)25)4-8-27-9-5-24/h10-11,14,17,24-25H,1-9,12-13H2,(H,22,26)/t14-,17?/m0/s1. The van der Waals surface area contributed by atoms with Crippen LogP contribution in [0.2, 0.25) is 5.02 Å². The number of hydrogen-bond acceptors (Lipinski definition) is 7. The second-order valence-corrected chi connectivity index (χ2v) is 7.73. The van der Waals surface area contributed by atoms with Gasteiger partial charge in [-0.15, -0.1) is 0 Å². The molecule has 1 aromatic carbocycles. The molecule has 29 heavy (non-hydrogen) atoms. The monoisotopic (exact) mass is 428 g/mol. The largest absolute Gasteiger partial charge is 0.489 e. The van der Waals surface area contributed by atoms with Crippen molar-refractivity contribution >= 4 is 17.5 Å². The molecule has 1 unspecified atom stereocenters. The number of ether oxygens (including phenoxy) is 3. The van der Waals surface area contributed by atoms with Crippen molar-refractivity contribution in [2.45, 2.75) is 18.9 Å². The van der Waals surface area contributed by atoms with Crippen molar-refractivity contribution in [3.8, 4) is 11.5 Å². The van der Waals surface area contributed by atoms with Crippen molar-refractivity contribution in [2.24, 2.45) is 5.92 Å². The third-order valence-electron chi connectivity index (χ3n) is 5.17. The van der Waals surface area contributed by atoms with Gasteiger partial charge in [0.2, 0.25) is 0 Å². The number of aliphatic hydroxyl groups is 2. The van der Waals surface area contributed by atoms with E-state index < -0.39 is 6.10 Å². The van der Waals surface area contributed by atoms with E-state index in [1.165, 1.54) is 0 Å². The Bertz CT molecular complexity index is 689. The smallest absolute Gasteiger partial charge is 0.255 e. The molecule has 162 valence electrons. The maximum Gasteiger partial charge on any atom is 0.255 e. The molecule has 1 fully saturated rings. The Kier molecular flexibility index (Phi) is 8.38. The number of aliphatic hydroxyl groups excluding tert-OH is 2. The van der Waals surface area contributed by atoms with E-state index in [0.717, 1.165) is 19.4 Å². The number of rotatable bonds is 8. The molecule has 9 heteroatoms. The second kappa shape index (κ2) is 11.0. The van der Waals surface area contributed by atoms with Crippen LogP contribution in [0.4, 0.5) is 0 Å². The summed E-state index contributed by atoms with van der Waals surface area (Å²) in [6, 6.07) is 3.23. The third-order valence-corrected chi connectivity index (χ3v) is 5.39. The minimum atomic E-state index is -0.530. The molecule has 1 saturated heterocycles. The van der Waals surface area contributed by atoms with Crippen LogP contribution in [0.1, 0.15) is 23.2 Å². The number of piperidine rings is 1. The highest BCUT2D eigenvalue weighted by atomic mass is 35.5. The second-order valence-electron chi connectivity index (χ2n) is 7.29. The summed E-state index contributed by atoms with van der Waals surface area (Å²) in [5.41, 5.74) is 0.349. The van der Waals surface area contributed by atoms with Crippen molar-refractivity contribution in [1.29, 1.82) is 0 Å². The normalized spacial score (nSPS) is 22.2. The van der Waals surface area contributed by atoms with Crippen LogP contribution in [0.15, 0.2) is 12.1 Å². The van der Waals surface area contributed by atoms with E-state index in [-0.39, 0.29) is 18.4 Å². The van der Waals surface area contributed by atoms with Gasteiger partial charge in [-0.3, -0.25) is 9.69 Å². The first-order valence-corrected chi connectivity index (χ1v) is 10.4. The first-order valence-electron chi connectivity index (χ1n) is 10.0. The molecule has 2 aliphatic rings. The van der Waals surface area contributed by atoms with Gasteiger partial charge in [-0.05, 0) is 19.0 Å². The molecule has 3 N–H and O–H groups in total. The maximum absolute atomic E-state index is 12.8. The maximum atomic E-state index is 12.8. The highest BCUT2D eigenvalue weighted by molar-refractivity contribution is 6.31. The molecule has 2 atom stereocenters. The molecule has 0 radical (unpaired) electrons. The number of fused-ring (bicyclic) bond motifs is 1. The lowest BCUT2D eigenvalue weighted by atomic mass is 9.93. The van der Waals surface area contributed by atoms with Gasteiger partial charge in [0.15, 0.2) is 11.5 Å². The van der Waals surface area contributed by atoms with E-state index in [1.54, 1.807) is 12.1 Å². The zero-order valence-electron chi connectivity index (χ0n) is 16.4. The zero-order chi connectivity index (χ0) is 20.6. The molecule has 0 saturated carbocycles. The fourth-order valence-corrected chi connectivity index (χ4v) is 3.78. The summed E-state index contributed by atoms with van der Waals surface area (Å²) in [5.74, 6) is 0.587. The number of carbonyl (C=O) groups is 1. The van der Waals surface area contributed by atoms with E-state index in [0.29, 0.717) is 68.1 Å². The van der Waals surface area contributed by atoms with Crippen LogP contribution in [-0.4, -0.2) is 86.3 Å². The van der Waals surface area contributed by atoms with Crippen molar-refractivity contribution in [3.05, 3.63) is 22.7 Å². The Morgan fingerprint density at radius 2 is 2.14 bits per heavy atom. The molecule has 1 amide bonds. The summed E-state index contributed by atoms with van der Waals surface area (Å²) in [5, 5.41) is 22.5. The van der Waals surface area contributed by atoms with Crippen LogP contribution in [-0.2, 0) is 4.74 Å². The van der Waals surface area contributed by atoms with E-state index in [9.17, 15) is 9.90 Å². The van der Waals surface area contributed by atoms with Crippen LogP contribution in [0.3, 0.4) is 0 Å². The molecule has 0 aliphatic carbocycles. The Morgan fingerprint density at radius 3 is 2.93 bits per heavy atom. The molecule has 0 spiro atoms. The molecule has 8 nitrogen and oxygen atoms in total. The molecule has 0 aromatic heterocycles. The molecule has 2 aliphatic heterocycles. The molecule has 3 rings (SSSR count). The first kappa shape index (κ1) is 22.1. The predicted molar refractivity (Wildman–Crippen MR) is 108 cm³/mol. The van der Waals surface area contributed by atoms with Crippen LogP contribution in [0.5, 0.6) is 11.5 Å². The number of likely N-dealkylation sites (tertiary alicyclic amines) is 1. The number of nitrogens with one attached hydrogen (secondary N) is 1. The third kappa shape index (κ3) is 6.20. The average molecular weight is 429 g/mol. The van der Waals surface area contributed by atoms with Gasteiger partial charge < -0.3 is 29.7 Å². The van der Waals surface area contributed by atoms with E-state index >= 15 is 0 Å². The van der Waals surface area contributed by atoms with Crippen LogP contribution in [0, 0.1) is 5.92 Å². The van der Waals surface area contributed by atoms with Crippen molar-refractivity contribution < 1.29 is 29.2 Å². The van der Waals surface area contributed by atoms with Gasteiger partial charge in [0.1, 0.15) is 0 Å². The molecular formula is C20H29ClN2O6. The quantitative estimate of drug-likeness (QED) is 0.529. The fraction of sp³-hybridized carbons (Fsp3) is 0.650. The van der Waals surface area contributed by atoms with E-state index in [4.69, 9.17) is 30.9 Å². The molecule has 0 bridgehead atoms. The van der Waals surface area contributed by atoms with Crippen molar-refractivity contribution in [1.82, 2.24) is 10.2 Å². The number of nitrogens with zero attached hydrogens (tertiary/aromatic N) is 1. The molecular weight excluding hydrogens is 400 g/mol. The lowest BCUT2D eigenvalue weighted by Crippen LogP contribution is -2.48. The summed E-state index contributed by atoms with van der Waals surface area (Å²) in [6.07, 6.45) is 0.982. The minimum Gasteiger partial charge on any atom is -0.489 e. The Balaban J connectivity index is 1.52. The topological polar surface area (TPSA) is 100 Å². The van der Waals surface area contributed by atoms with E-state index in [2.05, 4.69) is 10.2 Å². The lowest BCUT2D eigenvalue weighted by molar-refractivity contribution is 0.00568. The Morgan fingerprint density at radius 1 is 1.31 bits per heavy atom. The average Bonchev–Trinajstić information content (AvgIpc) is 2.95. The van der Waals surface area contributed by atoms with Gasteiger partial charge in [0.05, 0.1) is 44.7 Å². The van der Waals surface area contributed by atoms with Gasteiger partial charge in [-0.1, -0.05) is 11.6 Å². The van der Waals surface area contributed by atoms with Gasteiger partial charge in [-0.2, -0.15) is 0 Å². The van der Waals surface area contributed by atoms with E-state index in [1.807, 2.05) is 0 Å². The van der Waals surface area contributed by atoms with Crippen molar-refractivity contribution in [2.75, 3.05) is 59.2 Å². The predicted octanol–water partition coefficient (Wildman–Crippen LogP) is 0.923. The van der Waals surface area contributed by atoms with Gasteiger partial charge >= 0.3 is 0 Å². The summed E-state index contributed by atoms with van der Waals surface area (Å²) in [6.45, 7) is 4.30. The number of β-amino-alcohol motifs (C(OH)–C–C–N with tert-alkyl or cyclic N) is 1. The fourth-order valence-electron chi connectivity index (χ4n) is 3.57. The first-order chi connectivity index (χ1) is 14.1. The SMILES string of the molecule is O=C(NC[C@@H]1CCN(CCOCCO)CC1O)c1cc(Cl)cc2c1OCCCO2. The zero-order valence-corrected chi connectivity index (χ0v) is 17.2. The number of amides is 1. The Hall–Kier alpha value is -1.58. The molecule has 2 heterocycles. The van der Waals surface area contributed by atoms with Crippen LogP contribution >= 0.6 is 11.6 Å². The lowest BCUT2D eigenvalue weighted by Gasteiger charge is -2.35.